The van der Waals surface area contributed by atoms with Gasteiger partial charge in [0.25, 0.3) is 5.91 Å². The molecule has 1 amide bonds. The normalized spacial score (nSPS) is 17.0. The van der Waals surface area contributed by atoms with Crippen LogP contribution in [0.3, 0.4) is 0 Å². The number of aliphatic hydroxyl groups is 1. The molecular weight excluding hydrogens is 671 g/mol. The van der Waals surface area contributed by atoms with Gasteiger partial charge in [0.05, 0.1) is 6.61 Å². The van der Waals surface area contributed by atoms with E-state index >= 15 is 0 Å². The molecule has 1 aliphatic heterocycles. The maximum atomic E-state index is 14.5. The Bertz CT molecular complexity index is 1850. The highest BCUT2D eigenvalue weighted by molar-refractivity contribution is 9.10. The molecule has 0 bridgehead atoms. The van der Waals surface area contributed by atoms with Gasteiger partial charge in [-0.15, -0.1) is 0 Å². The summed E-state index contributed by atoms with van der Waals surface area (Å²) in [6.07, 6.45) is 0.539. The number of rotatable bonds is 13. The molecule has 8 heteroatoms. The average Bonchev–Trinajstić information content (AvgIpc) is 3.50. The van der Waals surface area contributed by atoms with Crippen molar-refractivity contribution in [1.29, 1.82) is 0 Å². The van der Waals surface area contributed by atoms with E-state index in [-0.39, 0.29) is 24.8 Å². The van der Waals surface area contributed by atoms with Gasteiger partial charge in [-0.1, -0.05) is 94.8 Å². The van der Waals surface area contributed by atoms with Crippen LogP contribution in [-0.2, 0) is 22.4 Å². The Morgan fingerprint density at radius 1 is 0.854 bits per heavy atom. The molecule has 0 saturated heterocycles. The first-order valence-electron chi connectivity index (χ1n) is 16.0. The van der Waals surface area contributed by atoms with Gasteiger partial charge in [-0.25, -0.2) is 9.38 Å². The van der Waals surface area contributed by atoms with E-state index in [1.54, 1.807) is 6.07 Å². The first-order chi connectivity index (χ1) is 23.4. The Hall–Kier alpha value is -4.79. The summed E-state index contributed by atoms with van der Waals surface area (Å²) < 4.78 is 27.2. The number of ether oxygens (including phenoxy) is 2. The fourth-order valence-electron chi connectivity index (χ4n) is 5.84. The Morgan fingerprint density at radius 3 is 2.27 bits per heavy atom. The third-order valence-corrected chi connectivity index (χ3v) is 8.85. The number of carbonyl (C=O) groups excluding carboxylic acids is 1. The van der Waals surface area contributed by atoms with Crippen molar-refractivity contribution >= 4 is 27.7 Å². The highest BCUT2D eigenvalue weighted by atomic mass is 79.9. The van der Waals surface area contributed by atoms with Gasteiger partial charge in [0, 0.05) is 36.0 Å². The molecule has 244 valence electrons. The van der Waals surface area contributed by atoms with Crippen molar-refractivity contribution in [1.82, 2.24) is 5.32 Å². The van der Waals surface area contributed by atoms with E-state index in [1.165, 1.54) is 12.1 Å². The summed E-state index contributed by atoms with van der Waals surface area (Å²) in [5.74, 6) is 0.423. The summed E-state index contributed by atoms with van der Waals surface area (Å²) in [6.45, 7) is 0.760. The molecule has 2 N–H and O–H groups in total. The molecule has 0 radical (unpaired) electrons. The predicted molar refractivity (Wildman–Crippen MR) is 190 cm³/mol. The van der Waals surface area contributed by atoms with Crippen LogP contribution in [0.1, 0.15) is 34.8 Å². The van der Waals surface area contributed by atoms with Crippen molar-refractivity contribution in [3.05, 3.63) is 160 Å². The van der Waals surface area contributed by atoms with Crippen LogP contribution < -0.4 is 10.1 Å². The number of halogens is 2. The minimum absolute atomic E-state index is 0.0567. The smallest absolute Gasteiger partial charge is 0.252 e. The first kappa shape index (κ1) is 33.1. The van der Waals surface area contributed by atoms with Gasteiger partial charge < -0.3 is 19.9 Å². The molecule has 5 aromatic carbocycles. The predicted octanol–water partition coefficient (Wildman–Crippen LogP) is 7.87. The van der Waals surface area contributed by atoms with Gasteiger partial charge in [0.2, 0.25) is 5.90 Å². The second-order valence-corrected chi connectivity index (χ2v) is 12.6. The van der Waals surface area contributed by atoms with E-state index in [1.807, 2.05) is 97.1 Å². The van der Waals surface area contributed by atoms with Gasteiger partial charge >= 0.3 is 0 Å². The fraction of sp³-hybridized carbons (Fsp3) is 0.200. The van der Waals surface area contributed by atoms with Crippen LogP contribution >= 0.6 is 15.9 Å². The molecule has 48 heavy (non-hydrogen) atoms. The molecule has 6 nitrogen and oxygen atoms in total. The number of benzene rings is 5. The van der Waals surface area contributed by atoms with Crippen LogP contribution in [0.4, 0.5) is 4.39 Å². The monoisotopic (exact) mass is 706 g/mol. The van der Waals surface area contributed by atoms with E-state index in [4.69, 9.17) is 19.6 Å². The number of nitrogens with zero attached hydrogens (tertiary/aromatic N) is 1. The number of hydrogen-bond donors (Lipinski definition) is 2. The Balaban J connectivity index is 1.37. The number of aliphatic hydroxyl groups excluding tert-OH is 1. The summed E-state index contributed by atoms with van der Waals surface area (Å²) in [5, 5.41) is 12.2. The molecule has 0 aromatic heterocycles. The van der Waals surface area contributed by atoms with Crippen LogP contribution in [-0.4, -0.2) is 42.2 Å². The van der Waals surface area contributed by atoms with E-state index in [2.05, 4.69) is 33.4 Å². The third-order valence-electron chi connectivity index (χ3n) is 8.33. The highest BCUT2D eigenvalue weighted by Gasteiger charge is 2.53. The molecule has 0 spiro atoms. The zero-order valence-corrected chi connectivity index (χ0v) is 27.9. The molecule has 1 heterocycles. The number of nitrogens with one attached hydrogen (secondary N) is 1. The summed E-state index contributed by atoms with van der Waals surface area (Å²) in [5.41, 5.74) is 4.02. The largest absolute Gasteiger partial charge is 0.494 e. The first-order valence-corrected chi connectivity index (χ1v) is 16.8. The third kappa shape index (κ3) is 7.84. The lowest BCUT2D eigenvalue weighted by Gasteiger charge is -2.31. The Morgan fingerprint density at radius 2 is 1.56 bits per heavy atom. The molecule has 1 aliphatic rings. The molecule has 0 aliphatic carbocycles. The SMILES string of the molecule is O=C(NCCc1cccc(F)c1)[C@]1(Cc2ccc(Br)cc2)N=C(c2ccc(OCCCO)cc2)O[C@@H]1c1ccc(-c2ccccc2)cc1. The van der Waals surface area contributed by atoms with Crippen LogP contribution in [0.2, 0.25) is 0 Å². The average molecular weight is 708 g/mol. The van der Waals surface area contributed by atoms with E-state index in [0.717, 1.165) is 32.3 Å². The molecule has 0 unspecified atom stereocenters. The highest BCUT2D eigenvalue weighted by Crippen LogP contribution is 2.43. The van der Waals surface area contributed by atoms with Gasteiger partial charge in [0.1, 0.15) is 11.6 Å². The van der Waals surface area contributed by atoms with E-state index in [0.29, 0.717) is 43.2 Å². The zero-order valence-electron chi connectivity index (χ0n) is 26.3. The molecule has 2 atom stereocenters. The maximum Gasteiger partial charge on any atom is 0.252 e. The second kappa shape index (κ2) is 15.4. The fourth-order valence-corrected chi connectivity index (χ4v) is 6.11. The second-order valence-electron chi connectivity index (χ2n) is 11.7. The Kier molecular flexibility index (Phi) is 10.6. The van der Waals surface area contributed by atoms with Crippen molar-refractivity contribution in [2.75, 3.05) is 19.8 Å². The van der Waals surface area contributed by atoms with Crippen LogP contribution in [0.25, 0.3) is 11.1 Å². The topological polar surface area (TPSA) is 80.2 Å². The van der Waals surface area contributed by atoms with Crippen molar-refractivity contribution < 1.29 is 23.8 Å². The standard InChI is InChI=1S/C40H36BrFN2O4/c41-34-18-10-29(11-19-34)27-40(39(46)43-23-22-28-6-4-9-35(42)26-28)37(32-14-12-31(13-15-32)30-7-2-1-3-8-30)48-38(44-40)33-16-20-36(21-17-33)47-25-5-24-45/h1-4,6-21,26,37,45H,5,22-25,27H2,(H,43,46)/t37-,40-/m1/s1. The minimum Gasteiger partial charge on any atom is -0.494 e. The molecule has 0 fully saturated rings. The van der Waals surface area contributed by atoms with E-state index in [9.17, 15) is 9.18 Å². The summed E-state index contributed by atoms with van der Waals surface area (Å²) >= 11 is 3.52. The number of hydrogen-bond acceptors (Lipinski definition) is 5. The van der Waals surface area contributed by atoms with Crippen molar-refractivity contribution in [3.8, 4) is 16.9 Å². The van der Waals surface area contributed by atoms with Gasteiger partial charge in [-0.3, -0.25) is 4.79 Å². The lowest BCUT2D eigenvalue weighted by atomic mass is 9.81. The number of carbonyl (C=O) groups is 1. The van der Waals surface area contributed by atoms with Gasteiger partial charge in [-0.05, 0) is 82.8 Å². The lowest BCUT2D eigenvalue weighted by molar-refractivity contribution is -0.128. The zero-order chi connectivity index (χ0) is 33.3. The lowest BCUT2D eigenvalue weighted by Crippen LogP contribution is -2.50. The molecular formula is C40H36BrFN2O4. The van der Waals surface area contributed by atoms with Crippen molar-refractivity contribution in [2.45, 2.75) is 30.9 Å². The number of amides is 1. The molecule has 0 saturated carbocycles. The van der Waals surface area contributed by atoms with E-state index < -0.39 is 11.6 Å². The minimum atomic E-state index is -1.35. The molecule has 5 aromatic rings. The quantitative estimate of drug-likeness (QED) is 0.122. The van der Waals surface area contributed by atoms with Crippen molar-refractivity contribution in [2.24, 2.45) is 4.99 Å². The molecule has 6 rings (SSSR count). The maximum absolute atomic E-state index is 14.5. The van der Waals surface area contributed by atoms with Crippen LogP contribution in [0, 0.1) is 5.82 Å². The summed E-state index contributed by atoms with van der Waals surface area (Å²) in [7, 11) is 0. The number of aliphatic imine (C=N–C) groups is 1. The van der Waals surface area contributed by atoms with Gasteiger partial charge in [0.15, 0.2) is 11.6 Å². The summed E-state index contributed by atoms with van der Waals surface area (Å²) in [4.78, 5) is 19.7. The Labute approximate surface area is 288 Å². The van der Waals surface area contributed by atoms with Crippen LogP contribution in [0.5, 0.6) is 5.75 Å². The van der Waals surface area contributed by atoms with Gasteiger partial charge in [-0.2, -0.15) is 0 Å². The van der Waals surface area contributed by atoms with Crippen LogP contribution in [0.15, 0.2) is 137 Å². The van der Waals surface area contributed by atoms with Crippen molar-refractivity contribution in [3.63, 3.8) is 0 Å². The summed E-state index contributed by atoms with van der Waals surface area (Å²) in [6, 6.07) is 39.8.